The number of amides is 1. The summed E-state index contributed by atoms with van der Waals surface area (Å²) in [7, 11) is 0. The number of hydrogen-bond donors (Lipinski definition) is 2. The van der Waals surface area contributed by atoms with Crippen LogP contribution >= 0.6 is 0 Å². The first kappa shape index (κ1) is 12.5. The van der Waals surface area contributed by atoms with Gasteiger partial charge in [-0.2, -0.15) is 0 Å². The normalized spacial score (nSPS) is 17.5. The Morgan fingerprint density at radius 2 is 2.27 bits per heavy atom. The van der Waals surface area contributed by atoms with E-state index in [1.807, 2.05) is 0 Å². The molecule has 1 aliphatic carbocycles. The SMILES string of the molecule is CCC(C)NCC(=O)N(CCO)C1CC1. The molecule has 0 radical (unpaired) electrons. The van der Waals surface area contributed by atoms with E-state index in [4.69, 9.17) is 5.11 Å². The Morgan fingerprint density at radius 1 is 1.60 bits per heavy atom. The molecule has 1 fully saturated rings. The fourth-order valence-electron chi connectivity index (χ4n) is 1.51. The van der Waals surface area contributed by atoms with Crippen molar-refractivity contribution in [2.45, 2.75) is 45.2 Å². The molecular weight excluding hydrogens is 192 g/mol. The van der Waals surface area contributed by atoms with Crippen LogP contribution in [-0.2, 0) is 4.79 Å². The molecule has 0 spiro atoms. The molecule has 1 aliphatic rings. The molecule has 4 nitrogen and oxygen atoms in total. The Bertz CT molecular complexity index is 205. The number of carbonyl (C=O) groups is 1. The van der Waals surface area contributed by atoms with Gasteiger partial charge in [-0.25, -0.2) is 0 Å². The third-order valence-corrected chi connectivity index (χ3v) is 2.86. The summed E-state index contributed by atoms with van der Waals surface area (Å²) in [5.41, 5.74) is 0. The van der Waals surface area contributed by atoms with Crippen LogP contribution in [0.2, 0.25) is 0 Å². The fraction of sp³-hybridized carbons (Fsp3) is 0.909. The lowest BCUT2D eigenvalue weighted by molar-refractivity contribution is -0.131. The van der Waals surface area contributed by atoms with Crippen LogP contribution in [0.3, 0.4) is 0 Å². The van der Waals surface area contributed by atoms with Crippen LogP contribution in [0.1, 0.15) is 33.1 Å². The lowest BCUT2D eigenvalue weighted by atomic mass is 10.2. The topological polar surface area (TPSA) is 52.6 Å². The first-order valence-electron chi connectivity index (χ1n) is 5.82. The Balaban J connectivity index is 2.29. The summed E-state index contributed by atoms with van der Waals surface area (Å²) in [6.45, 7) is 5.10. The van der Waals surface area contributed by atoms with Gasteiger partial charge in [-0.1, -0.05) is 6.92 Å². The molecule has 2 N–H and O–H groups in total. The zero-order chi connectivity index (χ0) is 11.3. The molecule has 0 saturated heterocycles. The van der Waals surface area contributed by atoms with Gasteiger partial charge in [0.15, 0.2) is 0 Å². The van der Waals surface area contributed by atoms with E-state index < -0.39 is 0 Å². The summed E-state index contributed by atoms with van der Waals surface area (Å²) in [5.74, 6) is 0.117. The average molecular weight is 214 g/mol. The smallest absolute Gasteiger partial charge is 0.236 e. The average Bonchev–Trinajstić information content (AvgIpc) is 3.05. The van der Waals surface area contributed by atoms with Crippen LogP contribution in [0.4, 0.5) is 0 Å². The molecule has 0 heterocycles. The van der Waals surface area contributed by atoms with E-state index in [9.17, 15) is 4.79 Å². The quantitative estimate of drug-likeness (QED) is 0.643. The highest BCUT2D eigenvalue weighted by molar-refractivity contribution is 5.79. The summed E-state index contributed by atoms with van der Waals surface area (Å²) < 4.78 is 0. The van der Waals surface area contributed by atoms with E-state index in [-0.39, 0.29) is 12.5 Å². The molecule has 1 amide bonds. The van der Waals surface area contributed by atoms with Crippen LogP contribution < -0.4 is 5.32 Å². The lowest BCUT2D eigenvalue weighted by Gasteiger charge is -2.22. The van der Waals surface area contributed by atoms with Crippen LogP contribution in [0.15, 0.2) is 0 Å². The third kappa shape index (κ3) is 4.18. The molecule has 0 aliphatic heterocycles. The van der Waals surface area contributed by atoms with Crippen molar-refractivity contribution in [3.05, 3.63) is 0 Å². The number of aliphatic hydroxyl groups excluding tert-OH is 1. The van der Waals surface area contributed by atoms with Crippen LogP contribution in [0, 0.1) is 0 Å². The van der Waals surface area contributed by atoms with Gasteiger partial charge in [0, 0.05) is 18.6 Å². The maximum Gasteiger partial charge on any atom is 0.236 e. The minimum absolute atomic E-state index is 0.0611. The monoisotopic (exact) mass is 214 g/mol. The second-order valence-electron chi connectivity index (χ2n) is 4.23. The maximum absolute atomic E-state index is 11.8. The molecule has 4 heteroatoms. The van der Waals surface area contributed by atoms with E-state index in [0.717, 1.165) is 19.3 Å². The summed E-state index contributed by atoms with van der Waals surface area (Å²) in [6.07, 6.45) is 3.21. The van der Waals surface area contributed by atoms with E-state index >= 15 is 0 Å². The van der Waals surface area contributed by atoms with Crippen molar-refractivity contribution in [3.8, 4) is 0 Å². The van der Waals surface area contributed by atoms with Crippen LogP contribution in [-0.4, -0.2) is 47.7 Å². The number of aliphatic hydroxyl groups is 1. The number of rotatable bonds is 7. The lowest BCUT2D eigenvalue weighted by Crippen LogP contribution is -2.43. The molecule has 88 valence electrons. The predicted octanol–water partition coefficient (Wildman–Crippen LogP) is 0.358. The molecule has 0 aromatic heterocycles. The zero-order valence-corrected chi connectivity index (χ0v) is 9.70. The van der Waals surface area contributed by atoms with Crippen LogP contribution in [0.25, 0.3) is 0 Å². The van der Waals surface area contributed by atoms with Gasteiger partial charge in [0.2, 0.25) is 5.91 Å². The Labute approximate surface area is 91.6 Å². The number of hydrogen-bond acceptors (Lipinski definition) is 3. The van der Waals surface area contributed by atoms with E-state index in [0.29, 0.717) is 25.2 Å². The minimum atomic E-state index is 0.0611. The molecule has 1 unspecified atom stereocenters. The molecule has 1 saturated carbocycles. The maximum atomic E-state index is 11.8. The highest BCUT2D eigenvalue weighted by atomic mass is 16.3. The Kier molecular flexibility index (Phi) is 5.05. The van der Waals surface area contributed by atoms with Gasteiger partial charge in [0.25, 0.3) is 0 Å². The zero-order valence-electron chi connectivity index (χ0n) is 9.70. The number of carbonyl (C=O) groups excluding carboxylic acids is 1. The van der Waals surface area contributed by atoms with Crippen molar-refractivity contribution >= 4 is 5.91 Å². The molecule has 1 atom stereocenters. The second kappa shape index (κ2) is 6.08. The van der Waals surface area contributed by atoms with Crippen molar-refractivity contribution < 1.29 is 9.90 Å². The Morgan fingerprint density at radius 3 is 2.73 bits per heavy atom. The molecule has 0 aromatic carbocycles. The predicted molar refractivity (Wildman–Crippen MR) is 59.6 cm³/mol. The van der Waals surface area contributed by atoms with Crippen molar-refractivity contribution in [3.63, 3.8) is 0 Å². The van der Waals surface area contributed by atoms with Gasteiger partial charge in [-0.3, -0.25) is 4.79 Å². The van der Waals surface area contributed by atoms with E-state index in [2.05, 4.69) is 19.2 Å². The van der Waals surface area contributed by atoms with Crippen molar-refractivity contribution in [2.24, 2.45) is 0 Å². The van der Waals surface area contributed by atoms with Gasteiger partial charge >= 0.3 is 0 Å². The largest absolute Gasteiger partial charge is 0.395 e. The summed E-state index contributed by atoms with van der Waals surface area (Å²) in [4.78, 5) is 13.6. The van der Waals surface area contributed by atoms with E-state index in [1.165, 1.54) is 0 Å². The highest BCUT2D eigenvalue weighted by Crippen LogP contribution is 2.26. The molecular formula is C11H22N2O2. The summed E-state index contributed by atoms with van der Waals surface area (Å²) in [5, 5.41) is 12.1. The van der Waals surface area contributed by atoms with Crippen molar-refractivity contribution in [1.29, 1.82) is 0 Å². The first-order valence-corrected chi connectivity index (χ1v) is 5.82. The van der Waals surface area contributed by atoms with Gasteiger partial charge < -0.3 is 15.3 Å². The summed E-state index contributed by atoms with van der Waals surface area (Å²) in [6, 6.07) is 0.771. The van der Waals surface area contributed by atoms with Crippen LogP contribution in [0.5, 0.6) is 0 Å². The number of nitrogens with one attached hydrogen (secondary N) is 1. The molecule has 15 heavy (non-hydrogen) atoms. The van der Waals surface area contributed by atoms with E-state index in [1.54, 1.807) is 4.90 Å². The molecule has 0 aromatic rings. The van der Waals surface area contributed by atoms with Gasteiger partial charge in [-0.15, -0.1) is 0 Å². The highest BCUT2D eigenvalue weighted by Gasteiger charge is 2.31. The molecule has 0 bridgehead atoms. The first-order chi connectivity index (χ1) is 7.19. The standard InChI is InChI=1S/C11H22N2O2/c1-3-9(2)12-8-11(15)13(6-7-14)10-4-5-10/h9-10,12,14H,3-8H2,1-2H3. The summed E-state index contributed by atoms with van der Waals surface area (Å²) >= 11 is 0. The minimum Gasteiger partial charge on any atom is -0.395 e. The van der Waals surface area contributed by atoms with Gasteiger partial charge in [0.1, 0.15) is 0 Å². The second-order valence-corrected chi connectivity index (χ2v) is 4.23. The number of nitrogens with zero attached hydrogens (tertiary/aromatic N) is 1. The third-order valence-electron chi connectivity index (χ3n) is 2.86. The van der Waals surface area contributed by atoms with Gasteiger partial charge in [-0.05, 0) is 26.2 Å². The van der Waals surface area contributed by atoms with Crippen molar-refractivity contribution in [2.75, 3.05) is 19.7 Å². The van der Waals surface area contributed by atoms with Crippen molar-refractivity contribution in [1.82, 2.24) is 10.2 Å². The Hall–Kier alpha value is -0.610. The van der Waals surface area contributed by atoms with Gasteiger partial charge in [0.05, 0.1) is 13.2 Å². The fourth-order valence-corrected chi connectivity index (χ4v) is 1.51. The molecule has 1 rings (SSSR count).